The van der Waals surface area contributed by atoms with E-state index in [1.165, 1.54) is 0 Å². The van der Waals surface area contributed by atoms with Gasteiger partial charge < -0.3 is 10.8 Å². The fourth-order valence-electron chi connectivity index (χ4n) is 3.17. The summed E-state index contributed by atoms with van der Waals surface area (Å²) >= 11 is 0. The van der Waals surface area contributed by atoms with E-state index in [0.717, 1.165) is 23.2 Å². The maximum absolute atomic E-state index is 10.7. The highest BCUT2D eigenvalue weighted by Crippen LogP contribution is 2.44. The quantitative estimate of drug-likeness (QED) is 0.591. The van der Waals surface area contributed by atoms with Crippen molar-refractivity contribution >= 4 is 5.69 Å². The van der Waals surface area contributed by atoms with Crippen LogP contribution < -0.4 is 5.73 Å². The van der Waals surface area contributed by atoms with E-state index in [1.807, 2.05) is 12.1 Å². The number of aromatic hydroxyl groups is 1. The van der Waals surface area contributed by atoms with Crippen LogP contribution in [0.4, 0.5) is 5.69 Å². The monoisotopic (exact) mass is 277 g/mol. The van der Waals surface area contributed by atoms with Gasteiger partial charge in [-0.15, -0.1) is 0 Å². The van der Waals surface area contributed by atoms with Gasteiger partial charge in [0.05, 0.1) is 0 Å². The molecule has 0 radical (unpaired) electrons. The number of nitrogen functional groups attached to an aromatic ring is 1. The normalized spacial score (nSPS) is 13.6. The molecule has 0 fully saturated rings. The van der Waals surface area contributed by atoms with E-state index < -0.39 is 0 Å². The third kappa shape index (κ3) is 3.91. The van der Waals surface area contributed by atoms with Crippen molar-refractivity contribution in [3.63, 3.8) is 0 Å². The summed E-state index contributed by atoms with van der Waals surface area (Å²) in [4.78, 5) is 0. The van der Waals surface area contributed by atoms with Gasteiger partial charge in [-0.1, -0.05) is 55.4 Å². The molecule has 0 saturated carbocycles. The summed E-state index contributed by atoms with van der Waals surface area (Å²) in [6.07, 6.45) is 0.987. The van der Waals surface area contributed by atoms with Gasteiger partial charge in [0.1, 0.15) is 5.75 Å². The number of hydrogen-bond acceptors (Lipinski definition) is 2. The highest BCUT2D eigenvalue weighted by molar-refractivity contribution is 5.57. The SMILES string of the molecule is CC(C)(C)CC(C)(C)c1cc(N)cc(C(C)(C)C)c1O. The topological polar surface area (TPSA) is 46.2 Å². The Kier molecular flexibility index (Phi) is 4.20. The first-order valence-corrected chi connectivity index (χ1v) is 7.37. The van der Waals surface area contributed by atoms with E-state index in [-0.39, 0.29) is 16.2 Å². The molecule has 2 heteroatoms. The van der Waals surface area contributed by atoms with Crippen LogP contribution in [0.25, 0.3) is 0 Å². The molecule has 0 aliphatic carbocycles. The third-order valence-corrected chi connectivity index (χ3v) is 3.64. The smallest absolute Gasteiger partial charge is 0.123 e. The summed E-state index contributed by atoms with van der Waals surface area (Å²) < 4.78 is 0. The second-order valence-corrected chi connectivity index (χ2v) is 8.84. The molecular formula is C18H31NO. The Morgan fingerprint density at radius 1 is 0.900 bits per heavy atom. The first kappa shape index (κ1) is 16.9. The van der Waals surface area contributed by atoms with Crippen LogP contribution >= 0.6 is 0 Å². The van der Waals surface area contributed by atoms with Crippen LogP contribution in [0.3, 0.4) is 0 Å². The van der Waals surface area contributed by atoms with Crippen LogP contribution in [-0.4, -0.2) is 5.11 Å². The number of phenolic OH excluding ortho intramolecular Hbond substituents is 1. The Balaban J connectivity index is 3.43. The predicted molar refractivity (Wildman–Crippen MR) is 88.3 cm³/mol. The summed E-state index contributed by atoms with van der Waals surface area (Å²) in [7, 11) is 0. The highest BCUT2D eigenvalue weighted by Gasteiger charge is 2.32. The summed E-state index contributed by atoms with van der Waals surface area (Å²) in [6, 6.07) is 3.82. The van der Waals surface area contributed by atoms with E-state index in [4.69, 9.17) is 5.73 Å². The lowest BCUT2D eigenvalue weighted by Gasteiger charge is -2.35. The number of benzene rings is 1. The van der Waals surface area contributed by atoms with Crippen LogP contribution in [0.15, 0.2) is 12.1 Å². The van der Waals surface area contributed by atoms with Crippen molar-refractivity contribution in [1.82, 2.24) is 0 Å². The van der Waals surface area contributed by atoms with E-state index in [1.54, 1.807) is 0 Å². The molecular weight excluding hydrogens is 246 g/mol. The largest absolute Gasteiger partial charge is 0.507 e. The van der Waals surface area contributed by atoms with E-state index >= 15 is 0 Å². The van der Waals surface area contributed by atoms with Crippen LogP contribution in [0.2, 0.25) is 0 Å². The van der Waals surface area contributed by atoms with Crippen molar-refractivity contribution in [3.05, 3.63) is 23.3 Å². The van der Waals surface area contributed by atoms with Crippen molar-refractivity contribution in [2.75, 3.05) is 5.73 Å². The third-order valence-electron chi connectivity index (χ3n) is 3.64. The predicted octanol–water partition coefficient (Wildman–Crippen LogP) is 4.99. The molecule has 0 aromatic heterocycles. The fourth-order valence-corrected chi connectivity index (χ4v) is 3.17. The highest BCUT2D eigenvalue weighted by atomic mass is 16.3. The maximum atomic E-state index is 10.7. The molecule has 0 bridgehead atoms. The number of hydrogen-bond donors (Lipinski definition) is 2. The zero-order chi connectivity index (χ0) is 15.9. The van der Waals surface area contributed by atoms with Crippen molar-refractivity contribution in [2.45, 2.75) is 72.6 Å². The zero-order valence-corrected chi connectivity index (χ0v) is 14.4. The van der Waals surface area contributed by atoms with Gasteiger partial charge in [0.15, 0.2) is 0 Å². The molecule has 0 unspecified atom stereocenters. The first-order chi connectivity index (χ1) is 8.74. The average molecular weight is 277 g/mol. The molecule has 20 heavy (non-hydrogen) atoms. The molecule has 0 aliphatic heterocycles. The Morgan fingerprint density at radius 3 is 1.75 bits per heavy atom. The lowest BCUT2D eigenvalue weighted by molar-refractivity contribution is 0.277. The van der Waals surface area contributed by atoms with Gasteiger partial charge in [0, 0.05) is 16.8 Å². The van der Waals surface area contributed by atoms with Crippen molar-refractivity contribution < 1.29 is 5.11 Å². The number of rotatable bonds is 2. The van der Waals surface area contributed by atoms with Crippen molar-refractivity contribution in [2.24, 2.45) is 5.41 Å². The molecule has 0 aliphatic rings. The molecule has 1 rings (SSSR count). The van der Waals surface area contributed by atoms with Gasteiger partial charge in [-0.3, -0.25) is 0 Å². The van der Waals surface area contributed by atoms with Crippen molar-refractivity contribution in [1.29, 1.82) is 0 Å². The lowest BCUT2D eigenvalue weighted by atomic mass is 9.70. The Bertz CT molecular complexity index is 487. The summed E-state index contributed by atoms with van der Waals surface area (Å²) in [5, 5.41) is 10.7. The molecule has 0 heterocycles. The van der Waals surface area contributed by atoms with Gasteiger partial charge in [-0.25, -0.2) is 0 Å². The van der Waals surface area contributed by atoms with Crippen LogP contribution in [0.5, 0.6) is 5.75 Å². The first-order valence-electron chi connectivity index (χ1n) is 7.37. The molecule has 114 valence electrons. The average Bonchev–Trinajstić information content (AvgIpc) is 2.15. The minimum Gasteiger partial charge on any atom is -0.507 e. The van der Waals surface area contributed by atoms with E-state index in [9.17, 15) is 5.11 Å². The van der Waals surface area contributed by atoms with Gasteiger partial charge in [0.25, 0.3) is 0 Å². The van der Waals surface area contributed by atoms with Gasteiger partial charge in [-0.05, 0) is 34.8 Å². The van der Waals surface area contributed by atoms with Crippen LogP contribution in [0.1, 0.15) is 72.9 Å². The molecule has 0 saturated heterocycles. The molecule has 1 aromatic rings. The second-order valence-electron chi connectivity index (χ2n) is 8.84. The Hall–Kier alpha value is -1.18. The molecule has 0 spiro atoms. The molecule has 2 nitrogen and oxygen atoms in total. The summed E-state index contributed by atoms with van der Waals surface area (Å²) in [5.41, 5.74) is 8.65. The second kappa shape index (κ2) is 4.98. The lowest BCUT2D eigenvalue weighted by Crippen LogP contribution is -2.26. The van der Waals surface area contributed by atoms with E-state index in [2.05, 4.69) is 55.4 Å². The standard InChI is InChI=1S/C18H31NO/c1-16(2,3)11-18(7,8)14-10-12(19)9-13(15(14)20)17(4,5)6/h9-10,20H,11,19H2,1-8H3. The molecule has 0 amide bonds. The minimum atomic E-state index is -0.119. The Morgan fingerprint density at radius 2 is 1.35 bits per heavy atom. The minimum absolute atomic E-state index is 0.113. The number of phenols is 1. The molecule has 1 aromatic carbocycles. The van der Waals surface area contributed by atoms with Crippen LogP contribution in [0, 0.1) is 5.41 Å². The summed E-state index contributed by atoms with van der Waals surface area (Å²) in [6.45, 7) is 17.3. The summed E-state index contributed by atoms with van der Waals surface area (Å²) in [5.74, 6) is 0.404. The van der Waals surface area contributed by atoms with Gasteiger partial charge >= 0.3 is 0 Å². The zero-order valence-electron chi connectivity index (χ0n) is 14.4. The van der Waals surface area contributed by atoms with Gasteiger partial charge in [0.2, 0.25) is 0 Å². The molecule has 0 atom stereocenters. The van der Waals surface area contributed by atoms with E-state index in [0.29, 0.717) is 5.75 Å². The van der Waals surface area contributed by atoms with Crippen LogP contribution in [-0.2, 0) is 10.8 Å². The number of nitrogens with two attached hydrogens (primary N) is 1. The molecule has 3 N–H and O–H groups in total. The number of anilines is 1. The van der Waals surface area contributed by atoms with Crippen molar-refractivity contribution in [3.8, 4) is 5.75 Å². The maximum Gasteiger partial charge on any atom is 0.123 e. The van der Waals surface area contributed by atoms with Gasteiger partial charge in [-0.2, -0.15) is 0 Å². The fraction of sp³-hybridized carbons (Fsp3) is 0.667. The Labute approximate surface area is 124 Å².